The van der Waals surface area contributed by atoms with Crippen molar-refractivity contribution in [3.8, 4) is 0 Å². The summed E-state index contributed by atoms with van der Waals surface area (Å²) in [6.07, 6.45) is 1.53. The number of ether oxygens (including phenoxy) is 1. The lowest BCUT2D eigenvalue weighted by Crippen LogP contribution is -2.23. The van der Waals surface area contributed by atoms with Crippen LogP contribution < -0.4 is 10.9 Å². The maximum atomic E-state index is 12.0. The fraction of sp³-hybridized carbons (Fsp3) is 0.0667. The van der Waals surface area contributed by atoms with Gasteiger partial charge in [0.25, 0.3) is 5.91 Å². The lowest BCUT2D eigenvalue weighted by Gasteiger charge is -2.04. The van der Waals surface area contributed by atoms with E-state index >= 15 is 0 Å². The minimum atomic E-state index is -0.926. The zero-order chi connectivity index (χ0) is 17.1. The monoisotopic (exact) mass is 408 g/mol. The number of halogens is 1. The highest BCUT2D eigenvalue weighted by Crippen LogP contribution is 2.22. The first-order valence-electron chi connectivity index (χ1n) is 6.64. The average molecular weight is 409 g/mol. The van der Waals surface area contributed by atoms with E-state index in [0.717, 1.165) is 3.79 Å². The third kappa shape index (κ3) is 3.69. The Bertz CT molecular complexity index is 981. The van der Waals surface area contributed by atoms with Crippen LogP contribution in [0, 0.1) is 0 Å². The molecule has 0 aliphatic carbocycles. The van der Waals surface area contributed by atoms with Crippen LogP contribution in [0.25, 0.3) is 11.0 Å². The van der Waals surface area contributed by atoms with Gasteiger partial charge in [-0.1, -0.05) is 29.5 Å². The summed E-state index contributed by atoms with van der Waals surface area (Å²) in [4.78, 5) is 39.5. The van der Waals surface area contributed by atoms with Gasteiger partial charge in [-0.3, -0.25) is 10.1 Å². The van der Waals surface area contributed by atoms with Gasteiger partial charge in [0.15, 0.2) is 11.7 Å². The molecule has 1 aromatic carbocycles. The number of carbonyl (C=O) groups excluding carboxylic acids is 2. The maximum Gasteiger partial charge on any atom is 0.351 e. The summed E-state index contributed by atoms with van der Waals surface area (Å²) in [6.45, 7) is -0.539. The molecule has 2 aromatic heterocycles. The van der Waals surface area contributed by atoms with Crippen LogP contribution >= 0.6 is 27.3 Å². The number of anilines is 1. The third-order valence-electron chi connectivity index (χ3n) is 2.92. The zero-order valence-electron chi connectivity index (χ0n) is 11.9. The molecule has 122 valence electrons. The van der Waals surface area contributed by atoms with Crippen molar-refractivity contribution >= 4 is 55.2 Å². The summed E-state index contributed by atoms with van der Waals surface area (Å²) < 4.78 is 10.7. The molecule has 3 rings (SSSR count). The summed E-state index contributed by atoms with van der Waals surface area (Å²) in [5.41, 5.74) is -0.715. The maximum absolute atomic E-state index is 12.0. The second-order valence-corrected chi connectivity index (χ2v) is 6.99. The van der Waals surface area contributed by atoms with Gasteiger partial charge in [-0.15, -0.1) is 0 Å². The first-order chi connectivity index (χ1) is 11.5. The van der Waals surface area contributed by atoms with E-state index < -0.39 is 24.1 Å². The summed E-state index contributed by atoms with van der Waals surface area (Å²) >= 11 is 4.44. The molecule has 24 heavy (non-hydrogen) atoms. The molecule has 1 amide bonds. The molecule has 3 aromatic rings. The highest BCUT2D eigenvalue weighted by molar-refractivity contribution is 9.11. The second kappa shape index (κ2) is 6.93. The van der Waals surface area contributed by atoms with Crippen LogP contribution in [0.5, 0.6) is 0 Å². The molecule has 9 heteroatoms. The van der Waals surface area contributed by atoms with Gasteiger partial charge in [-0.05, 0) is 28.1 Å². The number of nitrogens with one attached hydrogen (secondary N) is 1. The molecule has 2 heterocycles. The Morgan fingerprint density at radius 2 is 2.12 bits per heavy atom. The average Bonchev–Trinajstić information content (AvgIpc) is 2.96. The highest BCUT2D eigenvalue weighted by atomic mass is 79.9. The SMILES string of the molecule is O=C(COC(=O)c1cc2ccccc2oc1=O)Nc1ncc(Br)s1. The lowest BCUT2D eigenvalue weighted by molar-refractivity contribution is -0.119. The molecule has 0 radical (unpaired) electrons. The number of benzene rings is 1. The Morgan fingerprint density at radius 1 is 1.33 bits per heavy atom. The number of esters is 1. The third-order valence-corrected chi connectivity index (χ3v) is 4.31. The van der Waals surface area contributed by atoms with Gasteiger partial charge < -0.3 is 9.15 Å². The van der Waals surface area contributed by atoms with E-state index in [1.165, 1.54) is 23.6 Å². The van der Waals surface area contributed by atoms with Crippen LogP contribution in [0.4, 0.5) is 5.13 Å². The Hall–Kier alpha value is -2.52. The molecule has 0 aliphatic heterocycles. The first-order valence-corrected chi connectivity index (χ1v) is 8.25. The summed E-state index contributed by atoms with van der Waals surface area (Å²) in [6, 6.07) is 8.15. The van der Waals surface area contributed by atoms with Crippen molar-refractivity contribution in [3.05, 3.63) is 56.3 Å². The van der Waals surface area contributed by atoms with E-state index in [9.17, 15) is 14.4 Å². The quantitative estimate of drug-likeness (QED) is 0.526. The van der Waals surface area contributed by atoms with E-state index in [1.54, 1.807) is 24.3 Å². The van der Waals surface area contributed by atoms with Gasteiger partial charge in [-0.25, -0.2) is 14.6 Å². The fourth-order valence-corrected chi connectivity index (χ4v) is 3.00. The van der Waals surface area contributed by atoms with E-state index in [0.29, 0.717) is 16.1 Å². The molecule has 0 saturated carbocycles. The number of rotatable bonds is 4. The van der Waals surface area contributed by atoms with Crippen molar-refractivity contribution < 1.29 is 18.7 Å². The number of amides is 1. The molecule has 0 fully saturated rings. The van der Waals surface area contributed by atoms with Crippen molar-refractivity contribution in [1.82, 2.24) is 4.98 Å². The van der Waals surface area contributed by atoms with E-state index in [-0.39, 0.29) is 5.56 Å². The molecule has 0 aliphatic rings. The van der Waals surface area contributed by atoms with Gasteiger partial charge in [0, 0.05) is 5.39 Å². The summed E-state index contributed by atoms with van der Waals surface area (Å²) in [5.74, 6) is -1.49. The lowest BCUT2D eigenvalue weighted by atomic mass is 10.2. The first kappa shape index (κ1) is 16.3. The molecule has 0 spiro atoms. The van der Waals surface area contributed by atoms with E-state index in [2.05, 4.69) is 26.2 Å². The molecule has 0 saturated heterocycles. The van der Waals surface area contributed by atoms with Crippen LogP contribution in [0.2, 0.25) is 0 Å². The minimum Gasteiger partial charge on any atom is -0.452 e. The predicted octanol–water partition coefficient (Wildman–Crippen LogP) is 2.81. The van der Waals surface area contributed by atoms with Crippen LogP contribution in [0.15, 0.2) is 49.5 Å². The minimum absolute atomic E-state index is 0.265. The van der Waals surface area contributed by atoms with E-state index in [1.807, 2.05) is 0 Å². The molecular formula is C15H9BrN2O5S. The molecule has 1 N–H and O–H groups in total. The van der Waals surface area contributed by atoms with Gasteiger partial charge in [0.2, 0.25) is 0 Å². The van der Waals surface area contributed by atoms with Gasteiger partial charge in [0.1, 0.15) is 11.1 Å². The number of thiazole rings is 1. The smallest absolute Gasteiger partial charge is 0.351 e. The van der Waals surface area contributed by atoms with Crippen molar-refractivity contribution in [2.75, 3.05) is 11.9 Å². The van der Waals surface area contributed by atoms with E-state index in [4.69, 9.17) is 9.15 Å². The predicted molar refractivity (Wildman–Crippen MR) is 91.2 cm³/mol. The number of para-hydroxylation sites is 1. The number of carbonyl (C=O) groups is 2. The molecular weight excluding hydrogens is 400 g/mol. The summed E-state index contributed by atoms with van der Waals surface area (Å²) in [7, 11) is 0. The van der Waals surface area contributed by atoms with Crippen molar-refractivity contribution in [1.29, 1.82) is 0 Å². The Morgan fingerprint density at radius 3 is 2.88 bits per heavy atom. The fourth-order valence-electron chi connectivity index (χ4n) is 1.88. The van der Waals surface area contributed by atoms with Gasteiger partial charge in [0.05, 0.1) is 9.98 Å². The molecule has 0 atom stereocenters. The van der Waals surface area contributed by atoms with Crippen LogP contribution in [0.3, 0.4) is 0 Å². The Labute approximate surface area is 147 Å². The van der Waals surface area contributed by atoms with Crippen molar-refractivity contribution in [3.63, 3.8) is 0 Å². The van der Waals surface area contributed by atoms with Crippen LogP contribution in [-0.2, 0) is 9.53 Å². The molecule has 0 unspecified atom stereocenters. The second-order valence-electron chi connectivity index (χ2n) is 4.58. The normalized spacial score (nSPS) is 10.5. The van der Waals surface area contributed by atoms with Gasteiger partial charge in [-0.2, -0.15) is 0 Å². The van der Waals surface area contributed by atoms with Crippen molar-refractivity contribution in [2.45, 2.75) is 0 Å². The van der Waals surface area contributed by atoms with Crippen LogP contribution in [-0.4, -0.2) is 23.5 Å². The van der Waals surface area contributed by atoms with Gasteiger partial charge >= 0.3 is 11.6 Å². The summed E-state index contributed by atoms with van der Waals surface area (Å²) in [5, 5.41) is 3.43. The number of nitrogens with zero attached hydrogens (tertiary/aromatic N) is 1. The number of hydrogen-bond donors (Lipinski definition) is 1. The van der Waals surface area contributed by atoms with Crippen LogP contribution in [0.1, 0.15) is 10.4 Å². The number of aromatic nitrogens is 1. The molecule has 0 bridgehead atoms. The Balaban J connectivity index is 1.67. The zero-order valence-corrected chi connectivity index (χ0v) is 14.3. The topological polar surface area (TPSA) is 98.5 Å². The highest BCUT2D eigenvalue weighted by Gasteiger charge is 2.17. The molecule has 7 nitrogen and oxygen atoms in total. The largest absolute Gasteiger partial charge is 0.452 e. The number of hydrogen-bond acceptors (Lipinski definition) is 7. The Kier molecular flexibility index (Phi) is 4.72. The number of fused-ring (bicyclic) bond motifs is 1. The standard InChI is InChI=1S/C15H9BrN2O5S/c16-11-6-17-15(24-11)18-12(19)7-22-13(20)9-5-8-3-1-2-4-10(8)23-14(9)21/h1-6H,7H2,(H,17,18,19). The van der Waals surface area contributed by atoms with Crippen molar-refractivity contribution in [2.24, 2.45) is 0 Å².